The van der Waals surface area contributed by atoms with Crippen molar-refractivity contribution in [2.45, 2.75) is 38.5 Å². The molecule has 186 valence electrons. The van der Waals surface area contributed by atoms with E-state index in [9.17, 15) is 17.6 Å². The SMILES string of the molecule is Fc1c(/C=C/c2nc(COc3ccc(CCCCc4ncccn4)cc3)co2)cccc1C(F)(F)F. The Labute approximate surface area is 205 Å². The molecule has 9 heteroatoms. The van der Waals surface area contributed by atoms with E-state index < -0.39 is 17.6 Å². The molecule has 0 aliphatic rings. The molecule has 0 radical (unpaired) electrons. The highest BCUT2D eigenvalue weighted by Gasteiger charge is 2.34. The van der Waals surface area contributed by atoms with Crippen molar-refractivity contribution in [3.8, 4) is 5.75 Å². The van der Waals surface area contributed by atoms with Crippen molar-refractivity contribution in [2.75, 3.05) is 0 Å². The molecule has 2 aromatic carbocycles. The predicted molar refractivity (Wildman–Crippen MR) is 126 cm³/mol. The summed E-state index contributed by atoms with van der Waals surface area (Å²) in [6, 6.07) is 12.7. The molecule has 36 heavy (non-hydrogen) atoms. The van der Waals surface area contributed by atoms with Crippen LogP contribution in [0.25, 0.3) is 12.2 Å². The highest BCUT2D eigenvalue weighted by atomic mass is 19.4. The maximum atomic E-state index is 14.1. The number of aryl methyl sites for hydroxylation is 2. The molecule has 0 fully saturated rings. The highest BCUT2D eigenvalue weighted by Crippen LogP contribution is 2.32. The third kappa shape index (κ3) is 7.00. The number of halogens is 4. The molecule has 0 amide bonds. The van der Waals surface area contributed by atoms with Crippen molar-refractivity contribution in [1.29, 1.82) is 0 Å². The van der Waals surface area contributed by atoms with E-state index in [-0.39, 0.29) is 18.1 Å². The van der Waals surface area contributed by atoms with E-state index in [1.807, 2.05) is 24.3 Å². The molecule has 0 bridgehead atoms. The smallest absolute Gasteiger partial charge is 0.419 e. The summed E-state index contributed by atoms with van der Waals surface area (Å²) >= 11 is 0. The van der Waals surface area contributed by atoms with Gasteiger partial charge >= 0.3 is 6.18 Å². The number of benzene rings is 2. The van der Waals surface area contributed by atoms with Gasteiger partial charge in [0.05, 0.1) is 5.56 Å². The molecule has 0 saturated carbocycles. The van der Waals surface area contributed by atoms with Crippen LogP contribution >= 0.6 is 0 Å². The predicted octanol–water partition coefficient (Wildman–Crippen LogP) is 6.94. The second-order valence-electron chi connectivity index (χ2n) is 8.02. The lowest BCUT2D eigenvalue weighted by molar-refractivity contribution is -0.140. The summed E-state index contributed by atoms with van der Waals surface area (Å²) in [5.41, 5.74) is 0.159. The minimum Gasteiger partial charge on any atom is -0.487 e. The van der Waals surface area contributed by atoms with Crippen molar-refractivity contribution in [3.63, 3.8) is 0 Å². The number of aromatic nitrogens is 3. The number of rotatable bonds is 10. The van der Waals surface area contributed by atoms with Gasteiger partial charge in [-0.1, -0.05) is 24.3 Å². The normalized spacial score (nSPS) is 11.8. The maximum absolute atomic E-state index is 14.1. The summed E-state index contributed by atoms with van der Waals surface area (Å²) in [7, 11) is 0. The molecule has 0 N–H and O–H groups in total. The van der Waals surface area contributed by atoms with Crippen LogP contribution in [-0.2, 0) is 25.6 Å². The lowest BCUT2D eigenvalue weighted by Crippen LogP contribution is -2.08. The summed E-state index contributed by atoms with van der Waals surface area (Å²) < 4.78 is 63.7. The van der Waals surface area contributed by atoms with Gasteiger partial charge in [-0.25, -0.2) is 19.3 Å². The first kappa shape index (κ1) is 25.1. The average Bonchev–Trinajstić information content (AvgIpc) is 3.33. The molecule has 5 nitrogen and oxygen atoms in total. The largest absolute Gasteiger partial charge is 0.487 e. The number of hydrogen-bond acceptors (Lipinski definition) is 5. The molecule has 0 aliphatic carbocycles. The van der Waals surface area contributed by atoms with E-state index in [1.165, 1.54) is 30.0 Å². The van der Waals surface area contributed by atoms with Gasteiger partial charge in [0, 0.05) is 30.5 Å². The van der Waals surface area contributed by atoms with Crippen LogP contribution in [0.3, 0.4) is 0 Å². The summed E-state index contributed by atoms with van der Waals surface area (Å²) in [6.45, 7) is 0.145. The minimum absolute atomic E-state index is 0.127. The molecular weight excluding hydrogens is 474 g/mol. The first-order valence-corrected chi connectivity index (χ1v) is 11.3. The van der Waals surface area contributed by atoms with Gasteiger partial charge in [-0.05, 0) is 55.2 Å². The molecule has 0 unspecified atom stereocenters. The van der Waals surface area contributed by atoms with Crippen LogP contribution < -0.4 is 4.74 Å². The molecule has 2 aromatic heterocycles. The van der Waals surface area contributed by atoms with Gasteiger partial charge in [-0.15, -0.1) is 0 Å². The van der Waals surface area contributed by atoms with Crippen LogP contribution in [0, 0.1) is 5.82 Å². The van der Waals surface area contributed by atoms with Gasteiger partial charge in [0.2, 0.25) is 5.89 Å². The summed E-state index contributed by atoms with van der Waals surface area (Å²) in [5.74, 6) is 0.310. The molecule has 0 saturated heterocycles. The van der Waals surface area contributed by atoms with E-state index in [0.717, 1.165) is 37.6 Å². The molecule has 4 rings (SSSR count). The number of oxazole rings is 1. The summed E-state index contributed by atoms with van der Waals surface area (Å²) in [6.07, 6.45) is 6.44. The second-order valence-corrected chi connectivity index (χ2v) is 8.02. The molecule has 0 spiro atoms. The number of nitrogens with zero attached hydrogens (tertiary/aromatic N) is 3. The third-order valence-corrected chi connectivity index (χ3v) is 5.35. The molecule has 0 aliphatic heterocycles. The standard InChI is InChI=1S/C27H23F4N3O2/c28-26-20(6-3-7-23(26)27(29,30)31)11-14-25-34-21(18-36-25)17-35-22-12-9-19(10-13-22)5-1-2-8-24-32-15-4-16-33-24/h3-4,6-7,9-16,18H,1-2,5,8,17H2/b14-11+. The van der Waals surface area contributed by atoms with Gasteiger partial charge < -0.3 is 9.15 Å². The van der Waals surface area contributed by atoms with Crippen molar-refractivity contribution in [1.82, 2.24) is 15.0 Å². The quantitative estimate of drug-likeness (QED) is 0.176. The van der Waals surface area contributed by atoms with Crippen LogP contribution in [0.1, 0.15) is 46.9 Å². The lowest BCUT2D eigenvalue weighted by Gasteiger charge is -2.08. The van der Waals surface area contributed by atoms with Crippen molar-refractivity contribution in [2.24, 2.45) is 0 Å². The second kappa shape index (κ2) is 11.6. The van der Waals surface area contributed by atoms with Crippen molar-refractivity contribution in [3.05, 3.63) is 107 Å². The molecule has 2 heterocycles. The van der Waals surface area contributed by atoms with Gasteiger partial charge in [0.15, 0.2) is 0 Å². The fourth-order valence-electron chi connectivity index (χ4n) is 3.50. The van der Waals surface area contributed by atoms with Crippen molar-refractivity contribution >= 4 is 12.2 Å². The Morgan fingerprint density at radius 1 is 0.889 bits per heavy atom. The Morgan fingerprint density at radius 3 is 2.39 bits per heavy atom. The number of unbranched alkanes of at least 4 members (excludes halogenated alkanes) is 1. The van der Waals surface area contributed by atoms with Crippen molar-refractivity contribution < 1.29 is 26.7 Å². The molecular formula is C27H23F4N3O2. The van der Waals surface area contributed by atoms with E-state index in [4.69, 9.17) is 9.15 Å². The van der Waals surface area contributed by atoms with E-state index in [2.05, 4.69) is 15.0 Å². The average molecular weight is 497 g/mol. The Morgan fingerprint density at radius 2 is 1.64 bits per heavy atom. The maximum Gasteiger partial charge on any atom is 0.419 e. The number of ether oxygens (including phenoxy) is 1. The minimum atomic E-state index is -4.77. The topological polar surface area (TPSA) is 61.0 Å². The van der Waals surface area contributed by atoms with Crippen LogP contribution in [0.15, 0.2) is 71.6 Å². The molecule has 0 atom stereocenters. The summed E-state index contributed by atoms with van der Waals surface area (Å²) in [4.78, 5) is 12.7. The number of alkyl halides is 3. The van der Waals surface area contributed by atoms with Crippen LogP contribution in [0.2, 0.25) is 0 Å². The monoisotopic (exact) mass is 497 g/mol. The zero-order chi connectivity index (χ0) is 25.4. The van der Waals surface area contributed by atoms with E-state index in [1.54, 1.807) is 18.5 Å². The Balaban J connectivity index is 1.25. The van der Waals surface area contributed by atoms with Gasteiger partial charge in [-0.2, -0.15) is 13.2 Å². The Kier molecular flexibility index (Phi) is 8.10. The zero-order valence-electron chi connectivity index (χ0n) is 19.2. The first-order valence-electron chi connectivity index (χ1n) is 11.3. The Hall–Kier alpha value is -4.01. The van der Waals surface area contributed by atoms with Gasteiger partial charge in [0.25, 0.3) is 0 Å². The van der Waals surface area contributed by atoms with E-state index >= 15 is 0 Å². The first-order chi connectivity index (χ1) is 17.4. The van der Waals surface area contributed by atoms with Gasteiger partial charge in [0.1, 0.15) is 36.0 Å². The summed E-state index contributed by atoms with van der Waals surface area (Å²) in [5, 5.41) is 0. The fraction of sp³-hybridized carbons (Fsp3) is 0.222. The van der Waals surface area contributed by atoms with Crippen LogP contribution in [-0.4, -0.2) is 15.0 Å². The Bertz CT molecular complexity index is 1290. The third-order valence-electron chi connectivity index (χ3n) is 5.35. The molecule has 4 aromatic rings. The fourth-order valence-corrected chi connectivity index (χ4v) is 3.50. The van der Waals surface area contributed by atoms with E-state index in [0.29, 0.717) is 17.5 Å². The van der Waals surface area contributed by atoms with Crippen LogP contribution in [0.4, 0.5) is 17.6 Å². The lowest BCUT2D eigenvalue weighted by atomic mass is 10.1. The van der Waals surface area contributed by atoms with Crippen LogP contribution in [0.5, 0.6) is 5.75 Å². The number of hydrogen-bond donors (Lipinski definition) is 0. The zero-order valence-corrected chi connectivity index (χ0v) is 19.2. The van der Waals surface area contributed by atoms with Gasteiger partial charge in [-0.3, -0.25) is 0 Å². The highest BCUT2D eigenvalue weighted by molar-refractivity contribution is 5.67.